The first kappa shape index (κ1) is 21.0. The highest BCUT2D eigenvalue weighted by atomic mass is 32.1. The van der Waals surface area contributed by atoms with Crippen molar-refractivity contribution in [3.05, 3.63) is 65.2 Å². The van der Waals surface area contributed by atoms with E-state index in [4.69, 9.17) is 17.0 Å². The zero-order valence-corrected chi connectivity index (χ0v) is 17.4. The van der Waals surface area contributed by atoms with Crippen molar-refractivity contribution in [1.82, 2.24) is 0 Å². The number of esters is 1. The van der Waals surface area contributed by atoms with Gasteiger partial charge in [0, 0.05) is 11.1 Å². The lowest BCUT2D eigenvalue weighted by Crippen LogP contribution is -2.54. The minimum atomic E-state index is -1.15. The van der Waals surface area contributed by atoms with Crippen LogP contribution in [0.25, 0.3) is 0 Å². The van der Waals surface area contributed by atoms with Crippen LogP contribution in [0.1, 0.15) is 38.3 Å². The molecule has 29 heavy (non-hydrogen) atoms. The normalized spacial score (nSPS) is 14.2. The van der Waals surface area contributed by atoms with E-state index in [2.05, 4.69) is 4.99 Å². The topological polar surface area (TPSA) is 41.9 Å². The Hall–Kier alpha value is -2.67. The molecule has 0 fully saturated rings. The van der Waals surface area contributed by atoms with Gasteiger partial charge in [0.2, 0.25) is 0 Å². The molecule has 1 aliphatic heterocycles. The van der Waals surface area contributed by atoms with E-state index in [1.807, 2.05) is 6.92 Å². The molecule has 0 saturated heterocycles. The van der Waals surface area contributed by atoms with Crippen molar-refractivity contribution in [3.8, 4) is 0 Å². The number of benzene rings is 2. The fraction of sp³-hybridized carbons (Fsp3) is 0.318. The van der Waals surface area contributed by atoms with Crippen molar-refractivity contribution in [2.24, 2.45) is 4.99 Å². The number of aliphatic imine (C=N–C) groups is 1. The van der Waals surface area contributed by atoms with Crippen molar-refractivity contribution in [3.63, 3.8) is 0 Å². The fourth-order valence-electron chi connectivity index (χ4n) is 3.29. The SMILES string of the molecule is CCCOC(=O)C(C)(C)N1C(=S)CN=C(c2ccccc2F)c2cc(F)ccc21. The van der Waals surface area contributed by atoms with E-state index in [-0.39, 0.29) is 18.7 Å². The maximum absolute atomic E-state index is 14.5. The number of nitrogens with zero attached hydrogens (tertiary/aromatic N) is 2. The van der Waals surface area contributed by atoms with E-state index in [0.29, 0.717) is 28.4 Å². The molecule has 0 aromatic heterocycles. The van der Waals surface area contributed by atoms with E-state index in [1.165, 1.54) is 24.3 Å². The second kappa shape index (κ2) is 8.37. The molecule has 0 spiro atoms. The Morgan fingerprint density at radius 1 is 1.21 bits per heavy atom. The molecule has 4 nitrogen and oxygen atoms in total. The van der Waals surface area contributed by atoms with Gasteiger partial charge in [0.25, 0.3) is 0 Å². The molecule has 0 unspecified atom stereocenters. The van der Waals surface area contributed by atoms with Crippen molar-refractivity contribution in [2.75, 3.05) is 18.1 Å². The first-order valence-corrected chi connectivity index (χ1v) is 9.77. The van der Waals surface area contributed by atoms with E-state index >= 15 is 0 Å². The van der Waals surface area contributed by atoms with E-state index in [9.17, 15) is 13.6 Å². The third-order valence-electron chi connectivity index (χ3n) is 4.70. The number of carbonyl (C=O) groups is 1. The summed E-state index contributed by atoms with van der Waals surface area (Å²) < 4.78 is 34.0. The fourth-order valence-corrected chi connectivity index (χ4v) is 3.68. The monoisotopic (exact) mass is 416 g/mol. The van der Waals surface area contributed by atoms with Crippen LogP contribution in [0.2, 0.25) is 0 Å². The Balaban J connectivity index is 2.17. The van der Waals surface area contributed by atoms with Crippen LogP contribution in [-0.2, 0) is 9.53 Å². The Morgan fingerprint density at radius 2 is 1.93 bits per heavy atom. The smallest absolute Gasteiger partial charge is 0.331 e. The number of fused-ring (bicyclic) bond motifs is 1. The molecule has 0 radical (unpaired) electrons. The zero-order valence-electron chi connectivity index (χ0n) is 16.5. The summed E-state index contributed by atoms with van der Waals surface area (Å²) in [6, 6.07) is 10.3. The molecule has 0 saturated carbocycles. The Morgan fingerprint density at radius 3 is 2.62 bits per heavy atom. The predicted molar refractivity (Wildman–Crippen MR) is 114 cm³/mol. The first-order chi connectivity index (χ1) is 13.8. The number of rotatable bonds is 5. The summed E-state index contributed by atoms with van der Waals surface area (Å²) in [5.74, 6) is -1.42. The van der Waals surface area contributed by atoms with Gasteiger partial charge in [0.05, 0.1) is 24.6 Å². The number of hydrogen-bond acceptors (Lipinski definition) is 4. The lowest BCUT2D eigenvalue weighted by atomic mass is 9.96. The van der Waals surface area contributed by atoms with E-state index in [0.717, 1.165) is 0 Å². The number of thiocarbonyl (C=S) groups is 1. The summed E-state index contributed by atoms with van der Waals surface area (Å²) in [6.45, 7) is 5.64. The molecule has 0 N–H and O–H groups in total. The van der Waals surface area contributed by atoms with Gasteiger partial charge in [0.15, 0.2) is 0 Å². The number of carbonyl (C=O) groups excluding carboxylic acids is 1. The van der Waals surface area contributed by atoms with Gasteiger partial charge in [-0.2, -0.15) is 0 Å². The van der Waals surface area contributed by atoms with Crippen molar-refractivity contribution in [1.29, 1.82) is 0 Å². The first-order valence-electron chi connectivity index (χ1n) is 9.37. The highest BCUT2D eigenvalue weighted by molar-refractivity contribution is 7.80. The highest BCUT2D eigenvalue weighted by Crippen LogP contribution is 2.34. The van der Waals surface area contributed by atoms with Gasteiger partial charge >= 0.3 is 5.97 Å². The van der Waals surface area contributed by atoms with Crippen LogP contribution in [0.3, 0.4) is 0 Å². The van der Waals surface area contributed by atoms with Gasteiger partial charge in [-0.3, -0.25) is 4.99 Å². The summed E-state index contributed by atoms with van der Waals surface area (Å²) in [5.41, 5.74) is 0.232. The van der Waals surface area contributed by atoms with Crippen LogP contribution in [0.5, 0.6) is 0 Å². The molecule has 7 heteroatoms. The van der Waals surface area contributed by atoms with Gasteiger partial charge in [-0.15, -0.1) is 0 Å². The molecule has 0 aliphatic carbocycles. The second-order valence-corrected chi connectivity index (χ2v) is 7.70. The maximum atomic E-state index is 14.5. The standard InChI is InChI=1S/C22H22F2N2O2S/c1-4-11-28-21(27)22(2,3)26-18-10-9-14(23)12-16(18)20(25-13-19(26)29)15-7-5-6-8-17(15)24/h5-10,12H,4,11,13H2,1-3H3. The van der Waals surface area contributed by atoms with Crippen molar-refractivity contribution >= 4 is 34.6 Å². The Kier molecular flexibility index (Phi) is 6.07. The van der Waals surface area contributed by atoms with Gasteiger partial charge in [-0.1, -0.05) is 31.3 Å². The molecule has 3 rings (SSSR count). The average molecular weight is 416 g/mol. The molecule has 0 amide bonds. The molecular weight excluding hydrogens is 394 g/mol. The van der Waals surface area contributed by atoms with Crippen LogP contribution in [0, 0.1) is 11.6 Å². The molecule has 1 heterocycles. The quantitative estimate of drug-likeness (QED) is 0.524. The minimum Gasteiger partial charge on any atom is -0.464 e. The third kappa shape index (κ3) is 4.05. The lowest BCUT2D eigenvalue weighted by molar-refractivity contribution is -0.148. The van der Waals surface area contributed by atoms with Crippen LogP contribution >= 0.6 is 12.2 Å². The summed E-state index contributed by atoms with van der Waals surface area (Å²) in [6.07, 6.45) is 0.689. The minimum absolute atomic E-state index is 0.0553. The van der Waals surface area contributed by atoms with E-state index < -0.39 is 23.1 Å². The molecule has 1 aliphatic rings. The number of halogens is 2. The molecule has 2 aromatic carbocycles. The second-order valence-electron chi connectivity index (χ2n) is 7.23. The van der Waals surface area contributed by atoms with Crippen molar-refractivity contribution in [2.45, 2.75) is 32.7 Å². The third-order valence-corrected chi connectivity index (χ3v) is 5.01. The highest BCUT2D eigenvalue weighted by Gasteiger charge is 2.41. The van der Waals surface area contributed by atoms with Crippen LogP contribution in [0.15, 0.2) is 47.5 Å². The lowest BCUT2D eigenvalue weighted by Gasteiger charge is -2.38. The number of benzodiazepines with no additional fused rings is 1. The largest absolute Gasteiger partial charge is 0.464 e. The summed E-state index contributed by atoms with van der Waals surface area (Å²) in [7, 11) is 0. The predicted octanol–water partition coefficient (Wildman–Crippen LogP) is 4.68. The Bertz CT molecular complexity index is 989. The summed E-state index contributed by atoms with van der Waals surface area (Å²) >= 11 is 5.56. The summed E-state index contributed by atoms with van der Waals surface area (Å²) in [5, 5.41) is 0. The Labute approximate surface area is 174 Å². The maximum Gasteiger partial charge on any atom is 0.331 e. The number of hydrogen-bond donors (Lipinski definition) is 0. The molecular formula is C22H22F2N2O2S. The number of anilines is 1. The van der Waals surface area contributed by atoms with Gasteiger partial charge in [-0.05, 0) is 50.6 Å². The number of ether oxygens (including phenoxy) is 1. The van der Waals surface area contributed by atoms with Crippen LogP contribution in [-0.4, -0.2) is 35.4 Å². The van der Waals surface area contributed by atoms with Gasteiger partial charge in [0.1, 0.15) is 22.2 Å². The van der Waals surface area contributed by atoms with Gasteiger partial charge in [-0.25, -0.2) is 13.6 Å². The molecule has 2 aromatic rings. The molecule has 0 bridgehead atoms. The van der Waals surface area contributed by atoms with Crippen LogP contribution in [0.4, 0.5) is 14.5 Å². The van der Waals surface area contributed by atoms with Gasteiger partial charge < -0.3 is 9.64 Å². The van der Waals surface area contributed by atoms with Crippen molar-refractivity contribution < 1.29 is 18.3 Å². The zero-order chi connectivity index (χ0) is 21.2. The molecule has 0 atom stereocenters. The molecule has 152 valence electrons. The average Bonchev–Trinajstić information content (AvgIpc) is 2.82. The summed E-state index contributed by atoms with van der Waals surface area (Å²) in [4.78, 5) is 19.2. The van der Waals surface area contributed by atoms with E-state index in [1.54, 1.807) is 36.9 Å². The van der Waals surface area contributed by atoms with Crippen LogP contribution < -0.4 is 4.90 Å².